The van der Waals surface area contributed by atoms with E-state index in [-0.39, 0.29) is 34.0 Å². The molecule has 2 N–H and O–H groups in total. The lowest BCUT2D eigenvalue weighted by Gasteiger charge is -2.49. The summed E-state index contributed by atoms with van der Waals surface area (Å²) in [6.07, 6.45) is 14.3. The molecular weight excluding hydrogens is 531 g/mol. The maximum absolute atomic E-state index is 16.7. The van der Waals surface area contributed by atoms with Crippen molar-refractivity contribution in [3.8, 4) is 35.4 Å². The molecule has 0 unspecified atom stereocenters. The number of aromatic nitrogens is 3. The van der Waals surface area contributed by atoms with Gasteiger partial charge in [0, 0.05) is 35.8 Å². The van der Waals surface area contributed by atoms with Crippen molar-refractivity contribution < 1.29 is 14.2 Å². The second-order valence-electron chi connectivity index (χ2n) is 12.4. The fourth-order valence-electron chi connectivity index (χ4n) is 7.87. The Balaban J connectivity index is 1.25. The molecule has 1 spiro atoms. The van der Waals surface area contributed by atoms with Crippen LogP contribution in [0.3, 0.4) is 0 Å². The second kappa shape index (κ2) is 9.51. The van der Waals surface area contributed by atoms with Gasteiger partial charge in [-0.1, -0.05) is 18.1 Å². The van der Waals surface area contributed by atoms with E-state index in [0.717, 1.165) is 71.2 Å². The van der Waals surface area contributed by atoms with Crippen LogP contribution in [0.2, 0.25) is 0 Å². The predicted molar refractivity (Wildman–Crippen MR) is 160 cm³/mol. The Labute approximate surface area is 243 Å². The highest BCUT2D eigenvalue weighted by Gasteiger charge is 2.47. The lowest BCUT2D eigenvalue weighted by molar-refractivity contribution is 0.107. The Hall–Kier alpha value is -4.00. The number of pyridine rings is 1. The average molecular weight is 565 g/mol. The number of nitrogens with zero attached hydrogens (tertiary/aromatic N) is 5. The third-order valence-corrected chi connectivity index (χ3v) is 9.92. The number of ether oxygens (including phenoxy) is 1. The normalized spacial score (nSPS) is 20.7. The number of phenols is 1. The minimum atomic E-state index is -0.588. The topological polar surface area (TPSA) is 86.6 Å². The van der Waals surface area contributed by atoms with Gasteiger partial charge in [-0.05, 0) is 81.7 Å². The summed E-state index contributed by atoms with van der Waals surface area (Å²) >= 11 is 0. The highest BCUT2D eigenvalue weighted by atomic mass is 19.1. The van der Waals surface area contributed by atoms with Gasteiger partial charge in [0.2, 0.25) is 0 Å². The molecule has 0 radical (unpaired) electrons. The van der Waals surface area contributed by atoms with Crippen LogP contribution in [0, 0.1) is 18.2 Å². The zero-order chi connectivity index (χ0) is 28.5. The summed E-state index contributed by atoms with van der Waals surface area (Å²) in [6, 6.07) is 8.79. The number of nitrogens with one attached hydrogen (secondary N) is 1. The first-order valence-corrected chi connectivity index (χ1v) is 14.9. The zero-order valence-electron chi connectivity index (χ0n) is 23.5. The van der Waals surface area contributed by atoms with Gasteiger partial charge in [0.15, 0.2) is 5.82 Å². The average Bonchev–Trinajstić information content (AvgIpc) is 3.71. The van der Waals surface area contributed by atoms with Crippen LogP contribution in [0.5, 0.6) is 11.8 Å². The number of hydrogen-bond donors (Lipinski definition) is 2. The smallest absolute Gasteiger partial charge is 0.319 e. The van der Waals surface area contributed by atoms with Gasteiger partial charge >= 0.3 is 6.01 Å². The van der Waals surface area contributed by atoms with E-state index in [1.54, 1.807) is 18.3 Å². The van der Waals surface area contributed by atoms with Crippen molar-refractivity contribution in [2.75, 3.05) is 44.2 Å². The van der Waals surface area contributed by atoms with Crippen molar-refractivity contribution in [3.05, 3.63) is 47.9 Å². The summed E-state index contributed by atoms with van der Waals surface area (Å²) < 4.78 is 23.0. The molecule has 6 heterocycles. The number of phenolic OH excluding ortho intramolecular Hbond substituents is 1. The van der Waals surface area contributed by atoms with Crippen LogP contribution in [0.1, 0.15) is 44.1 Å². The molecule has 2 aromatic heterocycles. The molecule has 8 rings (SSSR count). The number of aromatic hydroxyl groups is 1. The van der Waals surface area contributed by atoms with E-state index in [0.29, 0.717) is 39.7 Å². The predicted octanol–water partition coefficient (Wildman–Crippen LogP) is 4.62. The maximum atomic E-state index is 16.7. The molecule has 0 atom stereocenters. The van der Waals surface area contributed by atoms with Gasteiger partial charge in [0.1, 0.15) is 29.4 Å². The number of benzene rings is 2. The van der Waals surface area contributed by atoms with E-state index in [9.17, 15) is 5.11 Å². The highest BCUT2D eigenvalue weighted by Crippen LogP contribution is 2.42. The van der Waals surface area contributed by atoms with Crippen LogP contribution in [-0.2, 0) is 0 Å². The molecule has 42 heavy (non-hydrogen) atoms. The van der Waals surface area contributed by atoms with Crippen LogP contribution in [-0.4, -0.2) is 75.4 Å². The van der Waals surface area contributed by atoms with E-state index < -0.39 is 5.82 Å². The zero-order valence-corrected chi connectivity index (χ0v) is 23.5. The Kier molecular flexibility index (Phi) is 5.82. The third-order valence-electron chi connectivity index (χ3n) is 9.92. The van der Waals surface area contributed by atoms with Crippen LogP contribution in [0.25, 0.3) is 32.9 Å². The molecule has 4 fully saturated rings. The summed E-state index contributed by atoms with van der Waals surface area (Å²) in [7, 11) is 0. The van der Waals surface area contributed by atoms with Crippen molar-refractivity contribution in [2.45, 2.75) is 49.6 Å². The van der Waals surface area contributed by atoms with Gasteiger partial charge in [-0.2, -0.15) is 9.97 Å². The molecular formula is C33H33FN6O2. The number of anilines is 1. The van der Waals surface area contributed by atoms with E-state index >= 15 is 4.39 Å². The molecule has 0 bridgehead atoms. The van der Waals surface area contributed by atoms with Crippen LogP contribution in [0.4, 0.5) is 10.2 Å². The van der Waals surface area contributed by atoms with E-state index in [2.05, 4.69) is 31.0 Å². The molecule has 214 valence electrons. The highest BCUT2D eigenvalue weighted by molar-refractivity contribution is 6.02. The van der Waals surface area contributed by atoms with Crippen molar-refractivity contribution in [1.29, 1.82) is 0 Å². The lowest BCUT2D eigenvalue weighted by atomic mass is 9.88. The first-order chi connectivity index (χ1) is 20.5. The maximum Gasteiger partial charge on any atom is 0.319 e. The van der Waals surface area contributed by atoms with Gasteiger partial charge in [-0.25, -0.2) is 4.39 Å². The van der Waals surface area contributed by atoms with Gasteiger partial charge in [0.25, 0.3) is 0 Å². The van der Waals surface area contributed by atoms with Crippen molar-refractivity contribution in [2.24, 2.45) is 0 Å². The third kappa shape index (κ3) is 3.92. The first-order valence-electron chi connectivity index (χ1n) is 14.9. The molecule has 4 aromatic rings. The minimum Gasteiger partial charge on any atom is -0.508 e. The Morgan fingerprint density at radius 2 is 1.93 bits per heavy atom. The molecule has 0 aliphatic carbocycles. The molecule has 2 aromatic carbocycles. The molecule has 0 amide bonds. The quantitative estimate of drug-likeness (QED) is 0.340. The van der Waals surface area contributed by atoms with Gasteiger partial charge < -0.3 is 20.1 Å². The Morgan fingerprint density at radius 3 is 2.69 bits per heavy atom. The summed E-state index contributed by atoms with van der Waals surface area (Å²) in [4.78, 5) is 18.8. The number of hydrogen-bond acceptors (Lipinski definition) is 8. The van der Waals surface area contributed by atoms with E-state index in [1.807, 2.05) is 12.1 Å². The second-order valence-corrected chi connectivity index (χ2v) is 12.4. The Morgan fingerprint density at radius 1 is 1.10 bits per heavy atom. The van der Waals surface area contributed by atoms with Crippen molar-refractivity contribution >= 4 is 27.5 Å². The number of rotatable bonds is 5. The number of halogens is 1. The van der Waals surface area contributed by atoms with Crippen LogP contribution in [0.15, 0.2) is 36.5 Å². The molecule has 8 nitrogen and oxygen atoms in total. The van der Waals surface area contributed by atoms with Crippen molar-refractivity contribution in [1.82, 2.24) is 25.2 Å². The lowest BCUT2D eigenvalue weighted by Crippen LogP contribution is -2.67. The van der Waals surface area contributed by atoms with Crippen LogP contribution >= 0.6 is 0 Å². The molecule has 4 saturated heterocycles. The largest absolute Gasteiger partial charge is 0.508 e. The summed E-state index contributed by atoms with van der Waals surface area (Å²) in [6.45, 7) is 5.28. The standard InChI is InChI=1S/C33H33FN6O2/c1-2-21-7-3-8-22-15-23(41)16-24(26(21)22)28-27(34)29-25(17-35-28)30(39-18-32(19-39)9-4-12-36-32)38-31(37-29)42-20-33-10-5-13-40(33)14-6-11-33/h1,3,7-8,15-17,36,41H,4-6,9-14,18-20H2. The minimum absolute atomic E-state index is 0.00671. The fraction of sp³-hybridized carbons (Fsp3) is 0.424. The number of fused-ring (bicyclic) bond motifs is 3. The number of terminal acetylenes is 1. The summed E-state index contributed by atoms with van der Waals surface area (Å²) in [5, 5.41) is 16.1. The van der Waals surface area contributed by atoms with Crippen LogP contribution < -0.4 is 15.0 Å². The van der Waals surface area contributed by atoms with Gasteiger partial charge in [-0.15, -0.1) is 6.42 Å². The van der Waals surface area contributed by atoms with E-state index in [1.165, 1.54) is 6.07 Å². The first kappa shape index (κ1) is 25.7. The molecule has 0 saturated carbocycles. The molecule has 4 aliphatic heterocycles. The fourth-order valence-corrected chi connectivity index (χ4v) is 7.87. The van der Waals surface area contributed by atoms with Crippen molar-refractivity contribution in [3.63, 3.8) is 0 Å². The molecule has 4 aliphatic rings. The van der Waals surface area contributed by atoms with Gasteiger partial charge in [0.05, 0.1) is 16.5 Å². The Bertz CT molecular complexity index is 1760. The van der Waals surface area contributed by atoms with E-state index in [4.69, 9.17) is 16.1 Å². The molecule has 9 heteroatoms. The summed E-state index contributed by atoms with van der Waals surface area (Å²) in [5.74, 6) is 2.76. The monoisotopic (exact) mass is 564 g/mol. The van der Waals surface area contributed by atoms with Gasteiger partial charge in [-0.3, -0.25) is 9.88 Å². The summed E-state index contributed by atoms with van der Waals surface area (Å²) in [5.41, 5.74) is 1.36. The SMILES string of the molecule is C#Cc1cccc2cc(O)cc(-c3ncc4c(N5CC6(CCCN6)C5)nc(OCC56CCCN5CCC6)nc4c3F)c12.